The Hall–Kier alpha value is -2.02. The molecule has 7 heteroatoms. The van der Waals surface area contributed by atoms with E-state index < -0.39 is 23.6 Å². The van der Waals surface area contributed by atoms with Crippen LogP contribution in [-0.2, 0) is 20.8 Å². The minimum atomic E-state index is -1.50. The highest BCUT2D eigenvalue weighted by Crippen LogP contribution is 2.29. The molecular formula is C16H17NO5S-2. The number of rotatable bonds is 7. The molecule has 1 aliphatic rings. The highest BCUT2D eigenvalue weighted by molar-refractivity contribution is 8.01. The first kappa shape index (κ1) is 17.3. The Labute approximate surface area is 138 Å². The smallest absolute Gasteiger partial charge is 0.230 e. The predicted octanol–water partition coefficient (Wildman–Crippen LogP) is -0.828. The van der Waals surface area contributed by atoms with E-state index in [1.807, 2.05) is 24.3 Å². The van der Waals surface area contributed by atoms with Gasteiger partial charge in [-0.25, -0.2) is 0 Å². The number of fused-ring (bicyclic) bond motifs is 1. The number of carbonyl (C=O) groups excluding carboxylic acids is 3. The second-order valence-electron chi connectivity index (χ2n) is 5.41. The van der Waals surface area contributed by atoms with Crippen LogP contribution < -0.4 is 15.5 Å². The largest absolute Gasteiger partial charge is 0.550 e. The zero-order valence-electron chi connectivity index (χ0n) is 12.4. The molecule has 0 radical (unpaired) electrons. The van der Waals surface area contributed by atoms with Gasteiger partial charge in [-0.1, -0.05) is 24.3 Å². The normalized spacial score (nSPS) is 17.8. The zero-order chi connectivity index (χ0) is 16.8. The van der Waals surface area contributed by atoms with Crippen molar-refractivity contribution in [1.82, 2.24) is 5.32 Å². The Morgan fingerprint density at radius 1 is 1.26 bits per heavy atom. The lowest BCUT2D eigenvalue weighted by atomic mass is 9.88. The Morgan fingerprint density at radius 2 is 2.00 bits per heavy atom. The Morgan fingerprint density at radius 3 is 2.70 bits per heavy atom. The molecule has 2 atom stereocenters. The van der Waals surface area contributed by atoms with E-state index >= 15 is 0 Å². The standard InChI is InChI=1S/C16H19NO5S/c18-14(9-23-13(16(21)22)8-15(19)20)17-12-7-3-5-10-4-1-2-6-11(10)12/h1-2,4,6,12-13H,3,5,7-9H2,(H,17,18)(H,19,20)(H,21,22)/p-2/t12-,13+/m0/s1. The Bertz CT molecular complexity index is 604. The number of aryl methyl sites for hydroxylation is 1. The number of nitrogens with one attached hydrogen (secondary N) is 1. The van der Waals surface area contributed by atoms with Crippen LogP contribution in [0.5, 0.6) is 0 Å². The van der Waals surface area contributed by atoms with Crippen molar-refractivity contribution in [3.05, 3.63) is 35.4 Å². The Kier molecular flexibility index (Phi) is 6.04. The second kappa shape index (κ2) is 8.01. The van der Waals surface area contributed by atoms with Crippen LogP contribution >= 0.6 is 11.8 Å². The Balaban J connectivity index is 1.90. The quantitative estimate of drug-likeness (QED) is 0.697. The summed E-state index contributed by atoms with van der Waals surface area (Å²) in [7, 11) is 0. The first-order valence-corrected chi connectivity index (χ1v) is 8.41. The molecule has 6 nitrogen and oxygen atoms in total. The van der Waals surface area contributed by atoms with E-state index in [-0.39, 0.29) is 17.7 Å². The topological polar surface area (TPSA) is 109 Å². The van der Waals surface area contributed by atoms with Crippen LogP contribution in [0.2, 0.25) is 0 Å². The number of hydrogen-bond donors (Lipinski definition) is 1. The first-order chi connectivity index (χ1) is 11.0. The lowest BCUT2D eigenvalue weighted by molar-refractivity contribution is -0.314. The number of aliphatic carboxylic acids is 2. The number of hydrogen-bond acceptors (Lipinski definition) is 6. The molecule has 0 spiro atoms. The lowest BCUT2D eigenvalue weighted by Gasteiger charge is -2.26. The summed E-state index contributed by atoms with van der Waals surface area (Å²) in [5.74, 6) is -3.44. The fraction of sp³-hybridized carbons (Fsp3) is 0.438. The number of carboxylic acids is 2. The summed E-state index contributed by atoms with van der Waals surface area (Å²) in [5, 5.41) is 22.9. The molecule has 0 aliphatic heterocycles. The fourth-order valence-corrected chi connectivity index (χ4v) is 3.50. The highest BCUT2D eigenvalue weighted by Gasteiger charge is 2.22. The number of thioether (sulfide) groups is 1. The van der Waals surface area contributed by atoms with Crippen LogP contribution in [0.25, 0.3) is 0 Å². The third-order valence-electron chi connectivity index (χ3n) is 3.74. The molecule has 1 aromatic rings. The van der Waals surface area contributed by atoms with Crippen molar-refractivity contribution in [1.29, 1.82) is 0 Å². The van der Waals surface area contributed by atoms with Gasteiger partial charge in [-0.15, -0.1) is 11.8 Å². The summed E-state index contributed by atoms with van der Waals surface area (Å²) in [4.78, 5) is 33.4. The van der Waals surface area contributed by atoms with Crippen molar-refractivity contribution in [2.45, 2.75) is 37.0 Å². The van der Waals surface area contributed by atoms with E-state index in [2.05, 4.69) is 5.32 Å². The zero-order valence-corrected chi connectivity index (χ0v) is 13.3. The lowest BCUT2D eigenvalue weighted by Crippen LogP contribution is -2.39. The summed E-state index contributed by atoms with van der Waals surface area (Å²) in [6, 6.07) is 7.81. The van der Waals surface area contributed by atoms with Gasteiger partial charge in [0.25, 0.3) is 0 Å². The molecule has 0 aromatic heterocycles. The van der Waals surface area contributed by atoms with Gasteiger partial charge in [0.05, 0.1) is 23.0 Å². The van der Waals surface area contributed by atoms with Crippen LogP contribution in [0.1, 0.15) is 36.4 Å². The van der Waals surface area contributed by atoms with E-state index in [4.69, 9.17) is 0 Å². The van der Waals surface area contributed by atoms with Gasteiger partial charge in [-0.2, -0.15) is 0 Å². The number of amides is 1. The van der Waals surface area contributed by atoms with E-state index in [1.165, 1.54) is 5.56 Å². The van der Waals surface area contributed by atoms with E-state index in [0.717, 1.165) is 36.6 Å². The monoisotopic (exact) mass is 335 g/mol. The molecule has 0 bridgehead atoms. The molecule has 23 heavy (non-hydrogen) atoms. The molecule has 0 saturated heterocycles. The fourth-order valence-electron chi connectivity index (χ4n) is 2.68. The van der Waals surface area contributed by atoms with Crippen LogP contribution in [0.3, 0.4) is 0 Å². The minimum absolute atomic E-state index is 0.0874. The van der Waals surface area contributed by atoms with Gasteiger partial charge < -0.3 is 25.1 Å². The first-order valence-electron chi connectivity index (χ1n) is 7.37. The maximum Gasteiger partial charge on any atom is 0.230 e. The summed E-state index contributed by atoms with van der Waals surface area (Å²) >= 11 is 0.741. The summed E-state index contributed by atoms with van der Waals surface area (Å²) < 4.78 is 0. The molecular weight excluding hydrogens is 318 g/mol. The summed E-state index contributed by atoms with van der Waals surface area (Å²) in [5.41, 5.74) is 2.30. The molecule has 1 amide bonds. The van der Waals surface area contributed by atoms with Gasteiger partial charge >= 0.3 is 0 Å². The molecule has 0 unspecified atom stereocenters. The maximum absolute atomic E-state index is 12.0. The van der Waals surface area contributed by atoms with Crippen LogP contribution in [0.4, 0.5) is 0 Å². The van der Waals surface area contributed by atoms with E-state index in [1.54, 1.807) is 0 Å². The molecule has 1 aromatic carbocycles. The van der Waals surface area contributed by atoms with Crippen molar-refractivity contribution in [3.63, 3.8) is 0 Å². The average molecular weight is 335 g/mol. The predicted molar refractivity (Wildman–Crippen MR) is 81.1 cm³/mol. The summed E-state index contributed by atoms with van der Waals surface area (Å²) in [6.07, 6.45) is 2.11. The maximum atomic E-state index is 12.0. The van der Waals surface area contributed by atoms with Crippen molar-refractivity contribution in [3.8, 4) is 0 Å². The van der Waals surface area contributed by atoms with Crippen molar-refractivity contribution in [2.75, 3.05) is 5.75 Å². The SMILES string of the molecule is O=C([O-])C[C@@H](SCC(=O)N[C@H]1CCCc2ccccc21)C(=O)[O-]. The third-order valence-corrected chi connectivity index (χ3v) is 4.93. The minimum Gasteiger partial charge on any atom is -0.550 e. The van der Waals surface area contributed by atoms with Crippen molar-refractivity contribution in [2.24, 2.45) is 0 Å². The van der Waals surface area contributed by atoms with Gasteiger partial charge in [0.2, 0.25) is 5.91 Å². The molecule has 124 valence electrons. The van der Waals surface area contributed by atoms with Gasteiger partial charge in [-0.3, -0.25) is 4.79 Å². The van der Waals surface area contributed by atoms with Crippen molar-refractivity contribution < 1.29 is 24.6 Å². The molecule has 0 fully saturated rings. The van der Waals surface area contributed by atoms with Gasteiger partial charge in [0.1, 0.15) is 0 Å². The summed E-state index contributed by atoms with van der Waals surface area (Å²) in [6.45, 7) is 0. The second-order valence-corrected chi connectivity index (χ2v) is 6.60. The van der Waals surface area contributed by atoms with E-state index in [9.17, 15) is 24.6 Å². The van der Waals surface area contributed by atoms with Crippen molar-refractivity contribution >= 4 is 29.6 Å². The average Bonchev–Trinajstić information content (AvgIpc) is 2.51. The van der Waals surface area contributed by atoms with Crippen LogP contribution in [-0.4, -0.2) is 28.8 Å². The molecule has 2 rings (SSSR count). The number of benzene rings is 1. The third kappa shape index (κ3) is 4.99. The van der Waals surface area contributed by atoms with E-state index in [0.29, 0.717) is 0 Å². The van der Waals surface area contributed by atoms with Gasteiger partial charge in [-0.05, 0) is 30.4 Å². The number of carbonyl (C=O) groups is 3. The van der Waals surface area contributed by atoms with Gasteiger partial charge in [0, 0.05) is 12.4 Å². The number of carboxylic acid groups (broad SMARTS) is 2. The molecule has 0 heterocycles. The molecule has 1 N–H and O–H groups in total. The van der Waals surface area contributed by atoms with Crippen LogP contribution in [0.15, 0.2) is 24.3 Å². The van der Waals surface area contributed by atoms with Crippen LogP contribution in [0, 0.1) is 0 Å². The van der Waals surface area contributed by atoms with Gasteiger partial charge in [0.15, 0.2) is 0 Å². The molecule has 0 saturated carbocycles. The molecule has 1 aliphatic carbocycles. The highest BCUT2D eigenvalue weighted by atomic mass is 32.2.